The van der Waals surface area contributed by atoms with E-state index in [0.717, 1.165) is 12.0 Å². The average Bonchev–Trinajstić information content (AvgIpc) is 2.44. The van der Waals surface area contributed by atoms with Crippen LogP contribution < -0.4 is 0 Å². The molecule has 0 fully saturated rings. The quantitative estimate of drug-likeness (QED) is 0.546. The fourth-order valence-corrected chi connectivity index (χ4v) is 1.73. The molecule has 2 unspecified atom stereocenters. The topological polar surface area (TPSA) is 26.3 Å². The first-order valence-electron chi connectivity index (χ1n) is 7.20. The monoisotopic (exact) mass is 272 g/mol. The Bertz CT molecular complexity index is 446. The van der Waals surface area contributed by atoms with Crippen LogP contribution in [0.15, 0.2) is 54.6 Å². The molecule has 0 heterocycles. The lowest BCUT2D eigenvalue weighted by Crippen LogP contribution is -2.22. The van der Waals surface area contributed by atoms with Gasteiger partial charge < -0.3 is 4.74 Å². The molecule has 0 saturated heterocycles. The van der Waals surface area contributed by atoms with E-state index in [1.807, 2.05) is 49.4 Å². The van der Waals surface area contributed by atoms with Gasteiger partial charge in [0.2, 0.25) is 0 Å². The Morgan fingerprint density at radius 3 is 2.55 bits per heavy atom. The molecular weight excluding hydrogens is 248 g/mol. The highest BCUT2D eigenvalue weighted by molar-refractivity contribution is 5.72. The van der Waals surface area contributed by atoms with Gasteiger partial charge in [0.05, 0.1) is 6.42 Å². The van der Waals surface area contributed by atoms with Crippen LogP contribution in [0.3, 0.4) is 0 Å². The molecular formula is C18H24O2. The first-order valence-corrected chi connectivity index (χ1v) is 7.20. The van der Waals surface area contributed by atoms with E-state index in [-0.39, 0.29) is 18.0 Å². The molecule has 1 aromatic rings. The van der Waals surface area contributed by atoms with Crippen molar-refractivity contribution in [2.24, 2.45) is 5.92 Å². The zero-order valence-corrected chi connectivity index (χ0v) is 12.6. The van der Waals surface area contributed by atoms with Crippen LogP contribution in [0.4, 0.5) is 0 Å². The molecule has 0 saturated carbocycles. The molecule has 0 aliphatic carbocycles. The number of benzene rings is 1. The second kappa shape index (κ2) is 9.13. The van der Waals surface area contributed by atoms with Crippen LogP contribution in [0.25, 0.3) is 0 Å². The van der Waals surface area contributed by atoms with Gasteiger partial charge in [-0.05, 0) is 18.9 Å². The molecule has 0 aliphatic heterocycles. The highest BCUT2D eigenvalue weighted by atomic mass is 16.5. The van der Waals surface area contributed by atoms with E-state index in [9.17, 15) is 4.79 Å². The normalized spacial score (nSPS) is 14.6. The number of rotatable bonds is 7. The van der Waals surface area contributed by atoms with Gasteiger partial charge in [-0.15, -0.1) is 0 Å². The highest BCUT2D eigenvalue weighted by Crippen LogP contribution is 2.11. The van der Waals surface area contributed by atoms with E-state index in [1.54, 1.807) is 0 Å². The van der Waals surface area contributed by atoms with Gasteiger partial charge in [-0.25, -0.2) is 0 Å². The number of allylic oxidation sites excluding steroid dienone is 3. The molecule has 20 heavy (non-hydrogen) atoms. The summed E-state index contributed by atoms with van der Waals surface area (Å²) in [6.45, 7) is 6.08. The zero-order valence-electron chi connectivity index (χ0n) is 12.6. The summed E-state index contributed by atoms with van der Waals surface area (Å²) in [5.41, 5.74) is 0.985. The predicted molar refractivity (Wildman–Crippen MR) is 83.4 cm³/mol. The Kier molecular flexibility index (Phi) is 7.41. The lowest BCUT2D eigenvalue weighted by molar-refractivity contribution is -0.148. The number of hydrogen-bond donors (Lipinski definition) is 0. The molecule has 2 nitrogen and oxygen atoms in total. The molecule has 2 heteroatoms. The van der Waals surface area contributed by atoms with Gasteiger partial charge in [-0.1, -0.05) is 68.5 Å². The van der Waals surface area contributed by atoms with Crippen molar-refractivity contribution in [3.63, 3.8) is 0 Å². The molecule has 1 rings (SSSR count). The van der Waals surface area contributed by atoms with Crippen LogP contribution in [0, 0.1) is 5.92 Å². The Morgan fingerprint density at radius 2 is 1.90 bits per heavy atom. The van der Waals surface area contributed by atoms with Crippen molar-refractivity contribution in [2.45, 2.75) is 39.7 Å². The van der Waals surface area contributed by atoms with Crippen LogP contribution in [0.2, 0.25) is 0 Å². The average molecular weight is 272 g/mol. The van der Waals surface area contributed by atoms with Crippen molar-refractivity contribution in [1.82, 2.24) is 0 Å². The van der Waals surface area contributed by atoms with E-state index in [4.69, 9.17) is 4.74 Å². The largest absolute Gasteiger partial charge is 0.462 e. The lowest BCUT2D eigenvalue weighted by Gasteiger charge is -2.17. The summed E-state index contributed by atoms with van der Waals surface area (Å²) in [4.78, 5) is 11.8. The fourth-order valence-electron chi connectivity index (χ4n) is 1.73. The van der Waals surface area contributed by atoms with Crippen molar-refractivity contribution in [1.29, 1.82) is 0 Å². The summed E-state index contributed by atoms with van der Waals surface area (Å²) >= 11 is 0. The van der Waals surface area contributed by atoms with Crippen molar-refractivity contribution in [2.75, 3.05) is 0 Å². The minimum atomic E-state index is -0.173. The summed E-state index contributed by atoms with van der Waals surface area (Å²) < 4.78 is 5.46. The van der Waals surface area contributed by atoms with Crippen molar-refractivity contribution in [3.05, 3.63) is 60.2 Å². The number of carbonyl (C=O) groups excluding carboxylic acids is 1. The minimum Gasteiger partial charge on any atom is -0.462 e. The second-order valence-electron chi connectivity index (χ2n) is 4.94. The third-order valence-corrected chi connectivity index (χ3v) is 3.15. The Morgan fingerprint density at radius 1 is 1.20 bits per heavy atom. The van der Waals surface area contributed by atoms with Gasteiger partial charge in [-0.3, -0.25) is 4.79 Å². The summed E-state index contributed by atoms with van der Waals surface area (Å²) in [6.07, 6.45) is 9.43. The van der Waals surface area contributed by atoms with Crippen LogP contribution >= 0.6 is 0 Å². The third kappa shape index (κ3) is 6.37. The van der Waals surface area contributed by atoms with Crippen LogP contribution in [-0.2, 0) is 16.0 Å². The van der Waals surface area contributed by atoms with E-state index in [0.29, 0.717) is 6.42 Å². The fraction of sp³-hybridized carbons (Fsp3) is 0.389. The van der Waals surface area contributed by atoms with Crippen molar-refractivity contribution < 1.29 is 9.53 Å². The molecule has 0 aromatic heterocycles. The Labute approximate surface area is 122 Å². The highest BCUT2D eigenvalue weighted by Gasteiger charge is 2.14. The van der Waals surface area contributed by atoms with Gasteiger partial charge in [0, 0.05) is 5.92 Å². The number of ether oxygens (including phenoxy) is 1. The Balaban J connectivity index is 2.41. The van der Waals surface area contributed by atoms with Gasteiger partial charge in [0.1, 0.15) is 6.10 Å². The molecule has 0 aliphatic rings. The summed E-state index contributed by atoms with van der Waals surface area (Å²) in [5, 5.41) is 0. The van der Waals surface area contributed by atoms with Gasteiger partial charge in [0.25, 0.3) is 0 Å². The van der Waals surface area contributed by atoms with E-state index < -0.39 is 0 Å². The summed E-state index contributed by atoms with van der Waals surface area (Å²) in [6, 6.07) is 9.67. The summed E-state index contributed by atoms with van der Waals surface area (Å²) in [7, 11) is 0. The molecule has 0 radical (unpaired) electrons. The van der Waals surface area contributed by atoms with Crippen LogP contribution in [-0.4, -0.2) is 12.1 Å². The maximum atomic E-state index is 11.8. The molecule has 0 amide bonds. The molecule has 0 spiro atoms. The minimum absolute atomic E-state index is 0.113. The van der Waals surface area contributed by atoms with Gasteiger partial charge in [-0.2, -0.15) is 0 Å². The number of carbonyl (C=O) groups is 1. The number of esters is 1. The van der Waals surface area contributed by atoms with Crippen molar-refractivity contribution in [3.8, 4) is 0 Å². The molecule has 1 aromatic carbocycles. The molecule has 0 bridgehead atoms. The SMILES string of the molecule is CC/C=C/C=C/C(C)C(C)OC(=O)Cc1ccccc1. The second-order valence-corrected chi connectivity index (χ2v) is 4.94. The van der Waals surface area contributed by atoms with Gasteiger partial charge in [0.15, 0.2) is 0 Å². The van der Waals surface area contributed by atoms with E-state index in [1.165, 1.54) is 0 Å². The first-order chi connectivity index (χ1) is 9.63. The zero-order chi connectivity index (χ0) is 14.8. The molecule has 108 valence electrons. The maximum absolute atomic E-state index is 11.8. The van der Waals surface area contributed by atoms with E-state index >= 15 is 0 Å². The predicted octanol–water partition coefficient (Wildman–Crippen LogP) is 4.32. The van der Waals surface area contributed by atoms with Crippen molar-refractivity contribution >= 4 is 5.97 Å². The lowest BCUT2D eigenvalue weighted by atomic mass is 10.1. The van der Waals surface area contributed by atoms with Crippen LogP contribution in [0.1, 0.15) is 32.8 Å². The first kappa shape index (κ1) is 16.2. The van der Waals surface area contributed by atoms with E-state index in [2.05, 4.69) is 26.0 Å². The summed E-state index contributed by atoms with van der Waals surface area (Å²) in [5.74, 6) is 0.0317. The Hall–Kier alpha value is -1.83. The smallest absolute Gasteiger partial charge is 0.310 e. The third-order valence-electron chi connectivity index (χ3n) is 3.15. The standard InChI is InChI=1S/C18H24O2/c1-4-5-6-8-11-15(2)16(3)20-18(19)14-17-12-9-7-10-13-17/h5-13,15-16H,4,14H2,1-3H3/b6-5+,11-8+. The van der Waals surface area contributed by atoms with Crippen LogP contribution in [0.5, 0.6) is 0 Å². The number of hydrogen-bond acceptors (Lipinski definition) is 2. The van der Waals surface area contributed by atoms with Gasteiger partial charge >= 0.3 is 5.97 Å². The molecule has 2 atom stereocenters. The maximum Gasteiger partial charge on any atom is 0.310 e. The molecule has 0 N–H and O–H groups in total.